The summed E-state index contributed by atoms with van der Waals surface area (Å²) < 4.78 is 9.86. The first-order valence-electron chi connectivity index (χ1n) is 7.15. The summed E-state index contributed by atoms with van der Waals surface area (Å²) in [6.07, 6.45) is -0.482. The van der Waals surface area contributed by atoms with Crippen molar-refractivity contribution in [3.63, 3.8) is 0 Å². The van der Waals surface area contributed by atoms with Gasteiger partial charge in [-0.2, -0.15) is 0 Å². The zero-order valence-electron chi connectivity index (χ0n) is 12.6. The lowest BCUT2D eigenvalue weighted by Gasteiger charge is -2.40. The van der Waals surface area contributed by atoms with Crippen LogP contribution in [0.5, 0.6) is 0 Å². The van der Waals surface area contributed by atoms with Crippen LogP contribution in [0.4, 0.5) is 4.79 Å². The fourth-order valence-electron chi connectivity index (χ4n) is 2.15. The van der Waals surface area contributed by atoms with E-state index in [2.05, 4.69) is 16.0 Å². The van der Waals surface area contributed by atoms with Gasteiger partial charge in [-0.1, -0.05) is 30.3 Å². The highest BCUT2D eigenvalue weighted by atomic mass is 16.5. The van der Waals surface area contributed by atoms with Crippen molar-refractivity contribution < 1.29 is 19.1 Å². The van der Waals surface area contributed by atoms with E-state index in [-0.39, 0.29) is 12.6 Å². The van der Waals surface area contributed by atoms with Gasteiger partial charge in [0.25, 0.3) is 0 Å². The minimum atomic E-state index is -0.676. The lowest BCUT2D eigenvalue weighted by Crippen LogP contribution is -2.72. The molecule has 7 nitrogen and oxygen atoms in total. The number of methoxy groups -OCH3 is 1. The fourth-order valence-corrected chi connectivity index (χ4v) is 2.15. The van der Waals surface area contributed by atoms with Gasteiger partial charge in [0.1, 0.15) is 12.1 Å². The summed E-state index contributed by atoms with van der Waals surface area (Å²) in [6, 6.07) is 9.46. The van der Waals surface area contributed by atoms with E-state index in [1.165, 1.54) is 7.11 Å². The van der Waals surface area contributed by atoms with Crippen LogP contribution in [0, 0.1) is 0 Å². The van der Waals surface area contributed by atoms with Crippen molar-refractivity contribution in [3.8, 4) is 0 Å². The van der Waals surface area contributed by atoms with E-state index >= 15 is 0 Å². The van der Waals surface area contributed by atoms with Crippen molar-refractivity contribution in [3.05, 3.63) is 35.9 Å². The summed E-state index contributed by atoms with van der Waals surface area (Å²) in [6.45, 7) is 2.11. The first-order chi connectivity index (χ1) is 10.7. The number of esters is 1. The lowest BCUT2D eigenvalue weighted by atomic mass is 9.92. The standard InChI is InChI=1S/C15H21N3O4/c1-21-13(19)15(10-16-11-15)18-8-7-17-14(20)22-9-12-5-3-2-4-6-12/h2-6,16,18H,7-11H2,1H3,(H,17,20). The van der Waals surface area contributed by atoms with E-state index in [1.54, 1.807) is 0 Å². The third-order valence-corrected chi connectivity index (χ3v) is 3.50. The maximum absolute atomic E-state index is 11.7. The first-order valence-corrected chi connectivity index (χ1v) is 7.15. The van der Waals surface area contributed by atoms with Gasteiger partial charge >= 0.3 is 12.1 Å². The molecule has 2 rings (SSSR count). The summed E-state index contributed by atoms with van der Waals surface area (Å²) in [4.78, 5) is 23.2. The monoisotopic (exact) mass is 307 g/mol. The van der Waals surface area contributed by atoms with Gasteiger partial charge in [0.2, 0.25) is 0 Å². The van der Waals surface area contributed by atoms with Crippen LogP contribution in [0.15, 0.2) is 30.3 Å². The number of carbonyl (C=O) groups is 2. The highest BCUT2D eigenvalue weighted by Gasteiger charge is 2.44. The number of amides is 1. The molecule has 0 aliphatic carbocycles. The van der Waals surface area contributed by atoms with Crippen molar-refractivity contribution in [2.75, 3.05) is 33.3 Å². The maximum atomic E-state index is 11.7. The Labute approximate surface area is 129 Å². The number of benzene rings is 1. The lowest BCUT2D eigenvalue weighted by molar-refractivity contribution is -0.150. The molecule has 1 aromatic rings. The van der Waals surface area contributed by atoms with E-state index in [0.717, 1.165) is 5.56 Å². The van der Waals surface area contributed by atoms with E-state index in [4.69, 9.17) is 9.47 Å². The topological polar surface area (TPSA) is 88.7 Å². The third kappa shape index (κ3) is 4.19. The van der Waals surface area contributed by atoms with Crippen LogP contribution in [-0.2, 0) is 20.9 Å². The van der Waals surface area contributed by atoms with Crippen molar-refractivity contribution in [1.82, 2.24) is 16.0 Å². The Morgan fingerprint density at radius 2 is 1.95 bits per heavy atom. The average Bonchev–Trinajstić information content (AvgIpc) is 2.51. The number of rotatable bonds is 7. The second kappa shape index (κ2) is 7.77. The molecule has 1 aromatic carbocycles. The van der Waals surface area contributed by atoms with Crippen molar-refractivity contribution in [1.29, 1.82) is 0 Å². The molecule has 0 unspecified atom stereocenters. The van der Waals surface area contributed by atoms with E-state index < -0.39 is 11.6 Å². The Kier molecular flexibility index (Phi) is 5.74. The molecule has 1 aliphatic rings. The second-order valence-corrected chi connectivity index (χ2v) is 5.09. The summed E-state index contributed by atoms with van der Waals surface area (Å²) in [5, 5.41) is 8.77. The van der Waals surface area contributed by atoms with Gasteiger partial charge in [-0.3, -0.25) is 5.32 Å². The van der Waals surface area contributed by atoms with Crippen LogP contribution < -0.4 is 16.0 Å². The number of nitrogens with one attached hydrogen (secondary N) is 3. The largest absolute Gasteiger partial charge is 0.468 e. The molecular formula is C15H21N3O4. The smallest absolute Gasteiger partial charge is 0.407 e. The highest BCUT2D eigenvalue weighted by Crippen LogP contribution is 2.12. The Morgan fingerprint density at radius 1 is 1.23 bits per heavy atom. The Morgan fingerprint density at radius 3 is 2.55 bits per heavy atom. The number of hydrogen-bond acceptors (Lipinski definition) is 6. The number of carbonyl (C=O) groups excluding carboxylic acids is 2. The molecule has 0 spiro atoms. The van der Waals surface area contributed by atoms with Crippen molar-refractivity contribution >= 4 is 12.1 Å². The zero-order chi connectivity index (χ0) is 15.8. The molecule has 0 bridgehead atoms. The minimum Gasteiger partial charge on any atom is -0.468 e. The van der Waals surface area contributed by atoms with Crippen LogP contribution in [0.1, 0.15) is 5.56 Å². The highest BCUT2D eigenvalue weighted by molar-refractivity contribution is 5.82. The zero-order valence-corrected chi connectivity index (χ0v) is 12.6. The molecule has 1 amide bonds. The average molecular weight is 307 g/mol. The molecule has 0 aromatic heterocycles. The van der Waals surface area contributed by atoms with Crippen LogP contribution in [0.25, 0.3) is 0 Å². The summed E-state index contributed by atoms with van der Waals surface area (Å²) >= 11 is 0. The molecule has 1 aliphatic heterocycles. The predicted octanol–water partition coefficient (Wildman–Crippen LogP) is 0.0174. The van der Waals surface area contributed by atoms with Crippen LogP contribution >= 0.6 is 0 Å². The van der Waals surface area contributed by atoms with Gasteiger partial charge in [0.15, 0.2) is 0 Å². The summed E-state index contributed by atoms with van der Waals surface area (Å²) in [5.41, 5.74) is 0.255. The predicted molar refractivity (Wildman–Crippen MR) is 80.2 cm³/mol. The molecule has 7 heteroatoms. The summed E-state index contributed by atoms with van der Waals surface area (Å²) in [7, 11) is 1.36. The number of ether oxygens (including phenoxy) is 2. The van der Waals surface area contributed by atoms with Gasteiger partial charge in [0.05, 0.1) is 7.11 Å². The van der Waals surface area contributed by atoms with E-state index in [1.807, 2.05) is 30.3 Å². The van der Waals surface area contributed by atoms with E-state index in [0.29, 0.717) is 26.2 Å². The minimum absolute atomic E-state index is 0.232. The van der Waals surface area contributed by atoms with Crippen molar-refractivity contribution in [2.24, 2.45) is 0 Å². The first kappa shape index (κ1) is 16.3. The molecule has 1 saturated heterocycles. The molecule has 1 fully saturated rings. The van der Waals surface area contributed by atoms with Crippen LogP contribution in [0.3, 0.4) is 0 Å². The SMILES string of the molecule is COC(=O)C1(NCCNC(=O)OCc2ccccc2)CNC1. The molecule has 22 heavy (non-hydrogen) atoms. The molecule has 0 atom stereocenters. The molecule has 0 radical (unpaired) electrons. The second-order valence-electron chi connectivity index (χ2n) is 5.09. The molecular weight excluding hydrogens is 286 g/mol. The normalized spacial score (nSPS) is 15.5. The number of hydrogen-bond donors (Lipinski definition) is 3. The summed E-state index contributed by atoms with van der Waals surface area (Å²) in [5.74, 6) is -0.294. The van der Waals surface area contributed by atoms with Crippen LogP contribution in [-0.4, -0.2) is 50.9 Å². The van der Waals surface area contributed by atoms with E-state index in [9.17, 15) is 9.59 Å². The quantitative estimate of drug-likeness (QED) is 0.486. The van der Waals surface area contributed by atoms with Gasteiger partial charge in [-0.15, -0.1) is 0 Å². The van der Waals surface area contributed by atoms with Crippen LogP contribution in [0.2, 0.25) is 0 Å². The Balaban J connectivity index is 1.62. The Bertz CT molecular complexity index is 503. The molecule has 0 saturated carbocycles. The maximum Gasteiger partial charge on any atom is 0.407 e. The van der Waals surface area contributed by atoms with Gasteiger partial charge in [0, 0.05) is 26.2 Å². The molecule has 3 N–H and O–H groups in total. The fraction of sp³-hybridized carbons (Fsp3) is 0.467. The van der Waals surface area contributed by atoms with Gasteiger partial charge < -0.3 is 20.1 Å². The van der Waals surface area contributed by atoms with Gasteiger partial charge in [-0.05, 0) is 5.56 Å². The Hall–Kier alpha value is -2.12. The third-order valence-electron chi connectivity index (χ3n) is 3.50. The molecule has 120 valence electrons. The number of alkyl carbamates (subject to hydrolysis) is 1. The van der Waals surface area contributed by atoms with Crippen molar-refractivity contribution in [2.45, 2.75) is 12.1 Å². The molecule has 1 heterocycles. The van der Waals surface area contributed by atoms with Gasteiger partial charge in [-0.25, -0.2) is 9.59 Å².